The van der Waals surface area contributed by atoms with Crippen LogP contribution in [0.4, 0.5) is 0 Å². The van der Waals surface area contributed by atoms with Crippen LogP contribution in [-0.2, 0) is 10.3 Å². The summed E-state index contributed by atoms with van der Waals surface area (Å²) in [4.78, 5) is 29.1. The molecule has 2 aromatic carbocycles. The second-order valence-corrected chi connectivity index (χ2v) is 6.88. The van der Waals surface area contributed by atoms with Gasteiger partial charge in [-0.15, -0.1) is 0 Å². The van der Waals surface area contributed by atoms with E-state index in [9.17, 15) is 9.59 Å². The number of amides is 2. The van der Waals surface area contributed by atoms with Gasteiger partial charge in [0.25, 0.3) is 5.91 Å². The molecule has 6 heteroatoms. The maximum atomic E-state index is 12.9. The Morgan fingerprint density at radius 1 is 0.963 bits per heavy atom. The fourth-order valence-electron chi connectivity index (χ4n) is 3.29. The third kappa shape index (κ3) is 3.95. The van der Waals surface area contributed by atoms with Crippen LogP contribution >= 0.6 is 0 Å². The number of rotatable bonds is 4. The van der Waals surface area contributed by atoms with Gasteiger partial charge in [-0.2, -0.15) is 0 Å². The van der Waals surface area contributed by atoms with Crippen LogP contribution in [-0.4, -0.2) is 54.9 Å². The van der Waals surface area contributed by atoms with Crippen molar-refractivity contribution < 1.29 is 14.3 Å². The summed E-state index contributed by atoms with van der Waals surface area (Å²) in [5.74, 6) is 0.471. The Balaban J connectivity index is 1.64. The monoisotopic (exact) mass is 367 g/mol. The molecule has 1 fully saturated rings. The molecular formula is C21H25N3O3. The summed E-state index contributed by atoms with van der Waals surface area (Å²) >= 11 is 0. The molecule has 0 aliphatic carbocycles. The van der Waals surface area contributed by atoms with Crippen LogP contribution in [0.1, 0.15) is 22.8 Å². The first-order valence-electron chi connectivity index (χ1n) is 9.00. The minimum Gasteiger partial charge on any atom is -0.497 e. The molecule has 0 spiro atoms. The van der Waals surface area contributed by atoms with E-state index < -0.39 is 5.54 Å². The van der Waals surface area contributed by atoms with Gasteiger partial charge in [0.05, 0.1) is 7.11 Å². The number of benzene rings is 2. The van der Waals surface area contributed by atoms with Crippen molar-refractivity contribution in [2.45, 2.75) is 12.5 Å². The maximum absolute atomic E-state index is 12.9. The topological polar surface area (TPSA) is 75.9 Å². The first-order valence-corrected chi connectivity index (χ1v) is 9.00. The van der Waals surface area contributed by atoms with E-state index in [0.29, 0.717) is 37.5 Å². The normalized spacial score (nSPS) is 16.6. The fraction of sp³-hybridized carbons (Fsp3) is 0.333. The van der Waals surface area contributed by atoms with Crippen LogP contribution in [0.5, 0.6) is 5.75 Å². The first kappa shape index (κ1) is 18.9. The molecule has 1 saturated heterocycles. The number of methoxy groups -OCH3 is 1. The quantitative estimate of drug-likeness (QED) is 0.895. The largest absolute Gasteiger partial charge is 0.497 e. The summed E-state index contributed by atoms with van der Waals surface area (Å²) in [6, 6.07) is 16.5. The van der Waals surface area contributed by atoms with Crippen molar-refractivity contribution in [2.75, 3.05) is 33.3 Å². The highest BCUT2D eigenvalue weighted by Crippen LogP contribution is 2.22. The van der Waals surface area contributed by atoms with Gasteiger partial charge < -0.3 is 20.3 Å². The second-order valence-electron chi connectivity index (χ2n) is 6.88. The Morgan fingerprint density at radius 3 is 2.22 bits per heavy atom. The van der Waals surface area contributed by atoms with Crippen LogP contribution in [0.2, 0.25) is 0 Å². The predicted octanol–water partition coefficient (Wildman–Crippen LogP) is 1.85. The average molecular weight is 367 g/mol. The minimum absolute atomic E-state index is 0.0560. The summed E-state index contributed by atoms with van der Waals surface area (Å²) in [5.41, 5.74) is 6.63. The maximum Gasteiger partial charge on any atom is 0.254 e. The van der Waals surface area contributed by atoms with E-state index in [1.807, 2.05) is 30.3 Å². The van der Waals surface area contributed by atoms with E-state index in [0.717, 1.165) is 5.56 Å². The summed E-state index contributed by atoms with van der Waals surface area (Å²) < 4.78 is 5.18. The molecular weight excluding hydrogens is 342 g/mol. The Hall–Kier alpha value is -2.86. The molecule has 1 aliphatic heterocycles. The molecule has 2 amide bonds. The molecule has 1 heterocycles. The standard InChI is InChI=1S/C21H25N3O3/c1-21(22,17-8-4-3-5-9-17)20(26)24-13-11-23(12-14-24)19(25)16-7-6-10-18(15-16)27-2/h3-10,15H,11-14,22H2,1-2H3. The van der Waals surface area contributed by atoms with Gasteiger partial charge in [0.1, 0.15) is 11.3 Å². The lowest BCUT2D eigenvalue weighted by molar-refractivity contribution is -0.138. The molecule has 6 nitrogen and oxygen atoms in total. The Labute approximate surface area is 159 Å². The zero-order valence-electron chi connectivity index (χ0n) is 15.7. The van der Waals surface area contributed by atoms with Crippen LogP contribution in [0.25, 0.3) is 0 Å². The van der Waals surface area contributed by atoms with Crippen LogP contribution < -0.4 is 10.5 Å². The third-order valence-electron chi connectivity index (χ3n) is 4.99. The van der Waals surface area contributed by atoms with Crippen molar-refractivity contribution in [3.05, 3.63) is 65.7 Å². The lowest BCUT2D eigenvalue weighted by Gasteiger charge is -2.38. The van der Waals surface area contributed by atoms with E-state index in [4.69, 9.17) is 10.5 Å². The predicted molar refractivity (Wildman–Crippen MR) is 103 cm³/mol. The molecule has 2 aromatic rings. The van der Waals surface area contributed by atoms with Gasteiger partial charge in [-0.1, -0.05) is 36.4 Å². The van der Waals surface area contributed by atoms with Gasteiger partial charge in [-0.25, -0.2) is 0 Å². The number of ether oxygens (including phenoxy) is 1. The summed E-state index contributed by atoms with van der Waals surface area (Å²) in [6.45, 7) is 3.63. The van der Waals surface area contributed by atoms with Gasteiger partial charge in [-0.3, -0.25) is 9.59 Å². The lowest BCUT2D eigenvalue weighted by atomic mass is 9.91. The molecule has 27 heavy (non-hydrogen) atoms. The van der Waals surface area contributed by atoms with E-state index in [1.165, 1.54) is 0 Å². The average Bonchev–Trinajstić information content (AvgIpc) is 2.73. The van der Waals surface area contributed by atoms with Gasteiger partial charge in [-0.05, 0) is 30.7 Å². The van der Waals surface area contributed by atoms with Crippen molar-refractivity contribution in [1.82, 2.24) is 9.80 Å². The number of carbonyl (C=O) groups is 2. The molecule has 3 rings (SSSR count). The molecule has 0 bridgehead atoms. The zero-order valence-corrected chi connectivity index (χ0v) is 15.7. The van der Waals surface area contributed by atoms with Crippen LogP contribution in [0.15, 0.2) is 54.6 Å². The van der Waals surface area contributed by atoms with Crippen molar-refractivity contribution in [3.8, 4) is 5.75 Å². The fourth-order valence-corrected chi connectivity index (χ4v) is 3.29. The molecule has 1 aliphatic rings. The number of hydrogen-bond acceptors (Lipinski definition) is 4. The molecule has 2 N–H and O–H groups in total. The van der Waals surface area contributed by atoms with Crippen LogP contribution in [0.3, 0.4) is 0 Å². The molecule has 1 unspecified atom stereocenters. The Bertz CT molecular complexity index is 812. The highest BCUT2D eigenvalue weighted by molar-refractivity contribution is 5.95. The van der Waals surface area contributed by atoms with E-state index >= 15 is 0 Å². The summed E-state index contributed by atoms with van der Waals surface area (Å²) in [5, 5.41) is 0. The molecule has 0 aromatic heterocycles. The first-order chi connectivity index (χ1) is 12.9. The number of nitrogens with two attached hydrogens (primary N) is 1. The smallest absolute Gasteiger partial charge is 0.254 e. The number of hydrogen-bond donors (Lipinski definition) is 1. The van der Waals surface area contributed by atoms with Crippen molar-refractivity contribution >= 4 is 11.8 Å². The van der Waals surface area contributed by atoms with Gasteiger partial charge >= 0.3 is 0 Å². The van der Waals surface area contributed by atoms with Gasteiger partial charge in [0, 0.05) is 31.7 Å². The third-order valence-corrected chi connectivity index (χ3v) is 4.99. The SMILES string of the molecule is COc1cccc(C(=O)N2CCN(C(=O)C(C)(N)c3ccccc3)CC2)c1. The lowest BCUT2D eigenvalue weighted by Crippen LogP contribution is -2.57. The summed E-state index contributed by atoms with van der Waals surface area (Å²) in [7, 11) is 1.57. The molecule has 1 atom stereocenters. The van der Waals surface area contributed by atoms with E-state index in [-0.39, 0.29) is 11.8 Å². The Morgan fingerprint density at radius 2 is 1.59 bits per heavy atom. The van der Waals surface area contributed by atoms with Crippen molar-refractivity contribution in [3.63, 3.8) is 0 Å². The molecule has 0 saturated carbocycles. The second kappa shape index (κ2) is 7.80. The van der Waals surface area contributed by atoms with Crippen LogP contribution in [0, 0.1) is 0 Å². The van der Waals surface area contributed by atoms with Crippen molar-refractivity contribution in [1.29, 1.82) is 0 Å². The highest BCUT2D eigenvalue weighted by atomic mass is 16.5. The van der Waals surface area contributed by atoms with Crippen molar-refractivity contribution in [2.24, 2.45) is 5.73 Å². The molecule has 0 radical (unpaired) electrons. The van der Waals surface area contributed by atoms with Gasteiger partial charge in [0.2, 0.25) is 5.91 Å². The molecule has 142 valence electrons. The van der Waals surface area contributed by atoms with E-state index in [1.54, 1.807) is 48.1 Å². The van der Waals surface area contributed by atoms with Gasteiger partial charge in [0.15, 0.2) is 0 Å². The minimum atomic E-state index is -1.08. The zero-order chi connectivity index (χ0) is 19.4. The number of piperazine rings is 1. The number of nitrogens with zero attached hydrogens (tertiary/aromatic N) is 2. The number of carbonyl (C=O) groups excluding carboxylic acids is 2. The highest BCUT2D eigenvalue weighted by Gasteiger charge is 2.36. The Kier molecular flexibility index (Phi) is 5.46. The summed E-state index contributed by atoms with van der Waals surface area (Å²) in [6.07, 6.45) is 0. The van der Waals surface area contributed by atoms with E-state index in [2.05, 4.69) is 0 Å².